The highest BCUT2D eigenvalue weighted by atomic mass is 19.1. The molecule has 0 amide bonds. The summed E-state index contributed by atoms with van der Waals surface area (Å²) in [5.74, 6) is 0.636. The minimum Gasteiger partial charge on any atom is -0.508 e. The third-order valence-corrected chi connectivity index (χ3v) is 5.67. The van der Waals surface area contributed by atoms with E-state index in [0.29, 0.717) is 23.3 Å². The van der Waals surface area contributed by atoms with Crippen LogP contribution in [0.5, 0.6) is 11.5 Å². The van der Waals surface area contributed by atoms with Crippen LogP contribution in [0.1, 0.15) is 36.0 Å². The Bertz CT molecular complexity index is 992. The Hall–Kier alpha value is -3.11. The van der Waals surface area contributed by atoms with Gasteiger partial charge in [-0.15, -0.1) is 0 Å². The monoisotopic (exact) mass is 417 g/mol. The van der Waals surface area contributed by atoms with Crippen LogP contribution in [0, 0.1) is 0 Å². The number of halogens is 1. The normalized spacial score (nSPS) is 15.4. The number of rotatable bonds is 7. The molecule has 1 aliphatic rings. The van der Waals surface area contributed by atoms with Crippen LogP contribution in [0.4, 0.5) is 4.39 Å². The van der Waals surface area contributed by atoms with Gasteiger partial charge in [-0.2, -0.15) is 0 Å². The number of likely N-dealkylation sites (tertiary alicyclic amines) is 1. The molecule has 1 N–H and O–H groups in total. The van der Waals surface area contributed by atoms with E-state index in [2.05, 4.69) is 4.90 Å². The average molecular weight is 418 g/mol. The summed E-state index contributed by atoms with van der Waals surface area (Å²) in [5, 5.41) is 9.65. The first-order chi connectivity index (χ1) is 15.2. The average Bonchev–Trinajstić information content (AvgIpc) is 2.83. The van der Waals surface area contributed by atoms with E-state index in [1.54, 1.807) is 36.4 Å². The lowest BCUT2D eigenvalue weighted by Gasteiger charge is -2.26. The topological polar surface area (TPSA) is 32.7 Å². The van der Waals surface area contributed by atoms with Crippen LogP contribution in [0.3, 0.4) is 0 Å². The van der Waals surface area contributed by atoms with Gasteiger partial charge in [-0.1, -0.05) is 61.0 Å². The fourth-order valence-corrected chi connectivity index (χ4v) is 3.97. The van der Waals surface area contributed by atoms with Gasteiger partial charge in [0.2, 0.25) is 0 Å². The summed E-state index contributed by atoms with van der Waals surface area (Å²) in [7, 11) is 0. The Kier molecular flexibility index (Phi) is 7.00. The Labute approximate surface area is 183 Å². The van der Waals surface area contributed by atoms with Crippen molar-refractivity contribution in [2.45, 2.75) is 19.3 Å². The highest BCUT2D eigenvalue weighted by Crippen LogP contribution is 2.34. The summed E-state index contributed by atoms with van der Waals surface area (Å²) in [4.78, 5) is 2.44. The zero-order chi connectivity index (χ0) is 21.5. The van der Waals surface area contributed by atoms with Crippen LogP contribution in [0.15, 0.2) is 78.9 Å². The Morgan fingerprint density at radius 3 is 2.03 bits per heavy atom. The highest BCUT2D eigenvalue weighted by Gasteiger charge is 2.15. The second-order valence-electron chi connectivity index (χ2n) is 7.88. The molecular formula is C27H28FNO2. The molecule has 0 aromatic heterocycles. The molecule has 4 rings (SSSR count). The molecule has 31 heavy (non-hydrogen) atoms. The first kappa shape index (κ1) is 21.1. The van der Waals surface area contributed by atoms with Crippen LogP contribution in [-0.2, 0) is 0 Å². The summed E-state index contributed by atoms with van der Waals surface area (Å²) >= 11 is 0. The molecule has 0 atom stereocenters. The summed E-state index contributed by atoms with van der Waals surface area (Å²) in [6, 6.07) is 23.2. The van der Waals surface area contributed by atoms with Gasteiger partial charge in [0.1, 0.15) is 23.9 Å². The molecule has 1 saturated heterocycles. The van der Waals surface area contributed by atoms with Crippen LogP contribution in [0.25, 0.3) is 11.4 Å². The molecule has 0 bridgehead atoms. The minimum atomic E-state index is -0.301. The smallest absolute Gasteiger partial charge is 0.138 e. The lowest BCUT2D eigenvalue weighted by atomic mass is 9.94. The van der Waals surface area contributed by atoms with Crippen molar-refractivity contribution in [3.63, 3.8) is 0 Å². The third kappa shape index (κ3) is 5.53. The van der Waals surface area contributed by atoms with E-state index in [9.17, 15) is 5.11 Å². The van der Waals surface area contributed by atoms with Crippen molar-refractivity contribution in [2.75, 3.05) is 26.2 Å². The predicted molar refractivity (Wildman–Crippen MR) is 124 cm³/mol. The van der Waals surface area contributed by atoms with Gasteiger partial charge in [0, 0.05) is 17.7 Å². The van der Waals surface area contributed by atoms with E-state index >= 15 is 4.39 Å². The van der Waals surface area contributed by atoms with Crippen molar-refractivity contribution in [2.24, 2.45) is 0 Å². The summed E-state index contributed by atoms with van der Waals surface area (Å²) in [5.41, 5.74) is 2.48. The van der Waals surface area contributed by atoms with Gasteiger partial charge in [-0.05, 0) is 61.3 Å². The second-order valence-corrected chi connectivity index (χ2v) is 7.88. The summed E-state index contributed by atoms with van der Waals surface area (Å²) in [6.07, 6.45) is 3.87. The molecule has 3 aromatic rings. The van der Waals surface area contributed by atoms with E-state index in [4.69, 9.17) is 4.74 Å². The zero-order valence-electron chi connectivity index (χ0n) is 17.6. The number of phenols is 1. The maximum atomic E-state index is 15.6. The summed E-state index contributed by atoms with van der Waals surface area (Å²) in [6.45, 7) is 3.89. The molecule has 160 valence electrons. The van der Waals surface area contributed by atoms with Gasteiger partial charge >= 0.3 is 0 Å². The van der Waals surface area contributed by atoms with Gasteiger partial charge in [0.25, 0.3) is 0 Å². The molecule has 0 saturated carbocycles. The predicted octanol–water partition coefficient (Wildman–Crippen LogP) is 6.14. The molecule has 0 spiro atoms. The van der Waals surface area contributed by atoms with Gasteiger partial charge in [0.15, 0.2) is 0 Å². The number of benzene rings is 3. The Morgan fingerprint density at radius 2 is 1.39 bits per heavy atom. The molecule has 1 fully saturated rings. The molecule has 1 heterocycles. The quantitative estimate of drug-likeness (QED) is 0.469. The van der Waals surface area contributed by atoms with Crippen molar-refractivity contribution in [3.8, 4) is 11.5 Å². The number of hydrogen-bond acceptors (Lipinski definition) is 3. The molecule has 0 unspecified atom stereocenters. The van der Waals surface area contributed by atoms with E-state index in [-0.39, 0.29) is 11.6 Å². The molecule has 3 aromatic carbocycles. The van der Waals surface area contributed by atoms with E-state index in [0.717, 1.165) is 30.9 Å². The first-order valence-electron chi connectivity index (χ1n) is 10.9. The zero-order valence-corrected chi connectivity index (χ0v) is 17.6. The number of piperidine rings is 1. The number of hydrogen-bond donors (Lipinski definition) is 1. The number of ether oxygens (including phenoxy) is 1. The second kappa shape index (κ2) is 10.3. The van der Waals surface area contributed by atoms with E-state index in [1.807, 2.05) is 42.5 Å². The van der Waals surface area contributed by atoms with E-state index in [1.165, 1.54) is 19.3 Å². The highest BCUT2D eigenvalue weighted by molar-refractivity contribution is 5.95. The number of phenolic OH excluding ortho intramolecular Hbond substituents is 1. The SMILES string of the molecule is Oc1ccc(/C(=C(\F)c2ccccc2)c2ccc(OCCN3CCCCC3)cc2)cc1. The van der Waals surface area contributed by atoms with E-state index < -0.39 is 0 Å². The van der Waals surface area contributed by atoms with Crippen LogP contribution < -0.4 is 4.74 Å². The minimum absolute atomic E-state index is 0.153. The van der Waals surface area contributed by atoms with Gasteiger partial charge in [-0.3, -0.25) is 4.90 Å². The fraction of sp³-hybridized carbons (Fsp3) is 0.259. The Balaban J connectivity index is 1.55. The lowest BCUT2D eigenvalue weighted by molar-refractivity contribution is 0.183. The first-order valence-corrected chi connectivity index (χ1v) is 10.9. The van der Waals surface area contributed by atoms with Gasteiger partial charge < -0.3 is 9.84 Å². The van der Waals surface area contributed by atoms with Crippen molar-refractivity contribution in [1.29, 1.82) is 0 Å². The van der Waals surface area contributed by atoms with Crippen LogP contribution in [0.2, 0.25) is 0 Å². The van der Waals surface area contributed by atoms with Crippen molar-refractivity contribution in [3.05, 3.63) is 95.6 Å². The maximum Gasteiger partial charge on any atom is 0.138 e. The summed E-state index contributed by atoms with van der Waals surface area (Å²) < 4.78 is 21.5. The van der Waals surface area contributed by atoms with Gasteiger partial charge in [0.05, 0.1) is 0 Å². The molecule has 4 heteroatoms. The standard InChI is InChI=1S/C27H28FNO2/c28-27(23-7-3-1-4-8-23)26(21-9-13-24(30)14-10-21)22-11-15-25(16-12-22)31-20-19-29-17-5-2-6-18-29/h1,3-4,7-16,30H,2,5-6,17-20H2/b27-26+. The van der Waals surface area contributed by atoms with Gasteiger partial charge in [-0.25, -0.2) is 4.39 Å². The largest absolute Gasteiger partial charge is 0.508 e. The number of nitrogens with zero attached hydrogens (tertiary/aromatic N) is 1. The van der Waals surface area contributed by atoms with Crippen LogP contribution >= 0.6 is 0 Å². The molecule has 0 radical (unpaired) electrons. The van der Waals surface area contributed by atoms with Crippen molar-refractivity contribution < 1.29 is 14.2 Å². The molecule has 0 aliphatic carbocycles. The fourth-order valence-electron chi connectivity index (χ4n) is 3.97. The maximum absolute atomic E-state index is 15.6. The number of aromatic hydroxyl groups is 1. The molecule has 3 nitrogen and oxygen atoms in total. The van der Waals surface area contributed by atoms with Crippen LogP contribution in [-0.4, -0.2) is 36.2 Å². The molecular weight excluding hydrogens is 389 g/mol. The van der Waals surface area contributed by atoms with Crippen molar-refractivity contribution >= 4 is 11.4 Å². The Morgan fingerprint density at radius 1 is 0.774 bits per heavy atom. The third-order valence-electron chi connectivity index (χ3n) is 5.67. The lowest BCUT2D eigenvalue weighted by Crippen LogP contribution is -2.33. The van der Waals surface area contributed by atoms with Crippen molar-refractivity contribution in [1.82, 2.24) is 4.90 Å². The molecule has 1 aliphatic heterocycles.